The molecule has 0 unspecified atom stereocenters. The van der Waals surface area contributed by atoms with Gasteiger partial charge in [0.15, 0.2) is 0 Å². The summed E-state index contributed by atoms with van der Waals surface area (Å²) in [7, 11) is 0. The van der Waals surface area contributed by atoms with Gasteiger partial charge < -0.3 is 5.32 Å². The standard InChI is InChI=1S/C6H12INO/c1-5(2)6(9)8-4-3-7/h5H,3-4H2,1-2H3,(H,8,9). The van der Waals surface area contributed by atoms with Gasteiger partial charge in [0.1, 0.15) is 0 Å². The van der Waals surface area contributed by atoms with E-state index in [1.165, 1.54) is 0 Å². The molecule has 0 atom stereocenters. The van der Waals surface area contributed by atoms with Crippen molar-refractivity contribution in [1.82, 2.24) is 5.32 Å². The van der Waals surface area contributed by atoms with E-state index < -0.39 is 0 Å². The topological polar surface area (TPSA) is 29.1 Å². The first-order valence-electron chi connectivity index (χ1n) is 3.02. The quantitative estimate of drug-likeness (QED) is 0.583. The van der Waals surface area contributed by atoms with Crippen molar-refractivity contribution in [2.45, 2.75) is 13.8 Å². The molecule has 0 saturated carbocycles. The molecule has 0 aromatic rings. The van der Waals surface area contributed by atoms with Crippen LogP contribution in [0.2, 0.25) is 0 Å². The highest BCUT2D eigenvalue weighted by Crippen LogP contribution is 1.89. The lowest BCUT2D eigenvalue weighted by molar-refractivity contribution is -0.123. The SMILES string of the molecule is CC(C)C(=O)NCCI. The zero-order valence-electron chi connectivity index (χ0n) is 5.78. The number of rotatable bonds is 3. The maximum atomic E-state index is 10.8. The Morgan fingerprint density at radius 1 is 1.67 bits per heavy atom. The molecule has 0 bridgehead atoms. The predicted molar refractivity (Wildman–Crippen MR) is 46.7 cm³/mol. The number of halogens is 1. The second-order valence-electron chi connectivity index (χ2n) is 2.13. The molecule has 9 heavy (non-hydrogen) atoms. The smallest absolute Gasteiger partial charge is 0.222 e. The van der Waals surface area contributed by atoms with Crippen LogP contribution in [0.5, 0.6) is 0 Å². The van der Waals surface area contributed by atoms with Gasteiger partial charge in [-0.05, 0) is 0 Å². The molecule has 0 aliphatic carbocycles. The number of carbonyl (C=O) groups excluding carboxylic acids is 1. The van der Waals surface area contributed by atoms with Crippen molar-refractivity contribution in [3.63, 3.8) is 0 Å². The van der Waals surface area contributed by atoms with E-state index in [0.29, 0.717) is 0 Å². The molecule has 0 spiro atoms. The largest absolute Gasteiger partial charge is 0.355 e. The maximum absolute atomic E-state index is 10.8. The van der Waals surface area contributed by atoms with Crippen molar-refractivity contribution in [2.24, 2.45) is 5.92 Å². The van der Waals surface area contributed by atoms with E-state index in [4.69, 9.17) is 0 Å². The third-order valence-corrected chi connectivity index (χ3v) is 1.46. The van der Waals surface area contributed by atoms with Crippen molar-refractivity contribution in [2.75, 3.05) is 11.0 Å². The number of alkyl halides is 1. The highest BCUT2D eigenvalue weighted by molar-refractivity contribution is 14.1. The summed E-state index contributed by atoms with van der Waals surface area (Å²) in [5.41, 5.74) is 0. The monoisotopic (exact) mass is 241 g/mol. The predicted octanol–water partition coefficient (Wildman–Crippen LogP) is 1.19. The van der Waals surface area contributed by atoms with Crippen molar-refractivity contribution < 1.29 is 4.79 Å². The van der Waals surface area contributed by atoms with Gasteiger partial charge in [0.05, 0.1) is 0 Å². The molecule has 0 saturated heterocycles. The molecular weight excluding hydrogens is 229 g/mol. The van der Waals surface area contributed by atoms with Crippen LogP contribution in [0.4, 0.5) is 0 Å². The summed E-state index contributed by atoms with van der Waals surface area (Å²) in [6.07, 6.45) is 0. The average Bonchev–Trinajstić information content (AvgIpc) is 1.82. The lowest BCUT2D eigenvalue weighted by atomic mass is 10.2. The van der Waals surface area contributed by atoms with Gasteiger partial charge in [-0.15, -0.1) is 0 Å². The molecular formula is C6H12INO. The molecule has 1 amide bonds. The number of hydrogen-bond donors (Lipinski definition) is 1. The van der Waals surface area contributed by atoms with Gasteiger partial charge in [-0.1, -0.05) is 36.4 Å². The molecule has 0 aliphatic rings. The van der Waals surface area contributed by atoms with Crippen molar-refractivity contribution in [3.05, 3.63) is 0 Å². The first kappa shape index (κ1) is 9.20. The first-order valence-corrected chi connectivity index (χ1v) is 4.54. The molecule has 2 nitrogen and oxygen atoms in total. The summed E-state index contributed by atoms with van der Waals surface area (Å²) < 4.78 is 0.982. The number of nitrogens with one attached hydrogen (secondary N) is 1. The molecule has 0 fully saturated rings. The van der Waals surface area contributed by atoms with E-state index in [-0.39, 0.29) is 11.8 Å². The summed E-state index contributed by atoms with van der Waals surface area (Å²) in [5, 5.41) is 2.79. The fourth-order valence-electron chi connectivity index (χ4n) is 0.375. The second-order valence-corrected chi connectivity index (χ2v) is 3.21. The number of carbonyl (C=O) groups is 1. The van der Waals surface area contributed by atoms with Gasteiger partial charge in [-0.3, -0.25) is 4.79 Å². The van der Waals surface area contributed by atoms with Crippen LogP contribution in [-0.4, -0.2) is 16.9 Å². The summed E-state index contributed by atoms with van der Waals surface area (Å²) in [4.78, 5) is 10.8. The van der Waals surface area contributed by atoms with E-state index in [2.05, 4.69) is 27.9 Å². The minimum Gasteiger partial charge on any atom is -0.355 e. The fraction of sp³-hybridized carbons (Fsp3) is 0.833. The molecule has 0 heterocycles. The fourth-order valence-corrected chi connectivity index (χ4v) is 0.644. The summed E-state index contributed by atoms with van der Waals surface area (Å²) in [6.45, 7) is 4.57. The summed E-state index contributed by atoms with van der Waals surface area (Å²) in [5.74, 6) is 0.264. The van der Waals surface area contributed by atoms with E-state index in [9.17, 15) is 4.79 Å². The van der Waals surface area contributed by atoms with Crippen LogP contribution >= 0.6 is 22.6 Å². The van der Waals surface area contributed by atoms with Crippen LogP contribution in [0.15, 0.2) is 0 Å². The van der Waals surface area contributed by atoms with Crippen LogP contribution in [0.25, 0.3) is 0 Å². The van der Waals surface area contributed by atoms with E-state index in [1.807, 2.05) is 13.8 Å². The third kappa shape index (κ3) is 4.69. The highest BCUT2D eigenvalue weighted by atomic mass is 127. The van der Waals surface area contributed by atoms with Crippen LogP contribution in [0, 0.1) is 5.92 Å². The minimum absolute atomic E-state index is 0.118. The normalized spacial score (nSPS) is 9.78. The highest BCUT2D eigenvalue weighted by Gasteiger charge is 2.03. The Morgan fingerprint density at radius 2 is 2.22 bits per heavy atom. The maximum Gasteiger partial charge on any atom is 0.222 e. The zero-order chi connectivity index (χ0) is 7.28. The second kappa shape index (κ2) is 5.02. The Morgan fingerprint density at radius 3 is 2.56 bits per heavy atom. The summed E-state index contributed by atoms with van der Waals surface area (Å²) in [6, 6.07) is 0. The van der Waals surface area contributed by atoms with Crippen molar-refractivity contribution in [3.8, 4) is 0 Å². The zero-order valence-corrected chi connectivity index (χ0v) is 7.94. The Bertz CT molecular complexity index is 93.1. The molecule has 0 radical (unpaired) electrons. The Kier molecular flexibility index (Phi) is 5.13. The van der Waals surface area contributed by atoms with E-state index in [1.54, 1.807) is 0 Å². The van der Waals surface area contributed by atoms with Gasteiger partial charge in [0.2, 0.25) is 5.91 Å². The average molecular weight is 241 g/mol. The Labute approximate surface area is 69.5 Å². The first-order chi connectivity index (χ1) is 4.18. The van der Waals surface area contributed by atoms with Gasteiger partial charge in [-0.25, -0.2) is 0 Å². The van der Waals surface area contributed by atoms with Gasteiger partial charge >= 0.3 is 0 Å². The molecule has 1 N–H and O–H groups in total. The number of hydrogen-bond acceptors (Lipinski definition) is 1. The Balaban J connectivity index is 3.28. The van der Waals surface area contributed by atoms with Crippen LogP contribution < -0.4 is 5.32 Å². The van der Waals surface area contributed by atoms with Crippen molar-refractivity contribution >= 4 is 28.5 Å². The van der Waals surface area contributed by atoms with E-state index in [0.717, 1.165) is 11.0 Å². The van der Waals surface area contributed by atoms with Crippen molar-refractivity contribution in [1.29, 1.82) is 0 Å². The van der Waals surface area contributed by atoms with Gasteiger partial charge in [0, 0.05) is 16.9 Å². The van der Waals surface area contributed by atoms with Crippen LogP contribution in [-0.2, 0) is 4.79 Å². The third-order valence-electron chi connectivity index (χ3n) is 0.918. The van der Waals surface area contributed by atoms with Gasteiger partial charge in [-0.2, -0.15) is 0 Å². The molecule has 0 aromatic carbocycles. The minimum atomic E-state index is 0.118. The molecule has 54 valence electrons. The number of amides is 1. The lowest BCUT2D eigenvalue weighted by Gasteiger charge is -2.03. The molecule has 0 aliphatic heterocycles. The van der Waals surface area contributed by atoms with Crippen LogP contribution in [0.1, 0.15) is 13.8 Å². The Hall–Kier alpha value is 0.200. The van der Waals surface area contributed by atoms with E-state index >= 15 is 0 Å². The van der Waals surface area contributed by atoms with Gasteiger partial charge in [0.25, 0.3) is 0 Å². The summed E-state index contributed by atoms with van der Waals surface area (Å²) >= 11 is 2.23. The lowest BCUT2D eigenvalue weighted by Crippen LogP contribution is -2.29. The molecule has 3 heteroatoms. The molecule has 0 aromatic heterocycles. The molecule has 0 rings (SSSR count). The van der Waals surface area contributed by atoms with Crippen LogP contribution in [0.3, 0.4) is 0 Å².